The minimum absolute atomic E-state index is 0.229. The van der Waals surface area contributed by atoms with Crippen LogP contribution in [0.15, 0.2) is 42.7 Å². The second-order valence-electron chi connectivity index (χ2n) is 4.06. The number of rotatable bonds is 4. The summed E-state index contributed by atoms with van der Waals surface area (Å²) >= 11 is 0. The van der Waals surface area contributed by atoms with Crippen LogP contribution in [0.2, 0.25) is 0 Å². The number of hydrogen-bond acceptors (Lipinski definition) is 2. The van der Waals surface area contributed by atoms with Crippen molar-refractivity contribution in [2.45, 2.75) is 13.0 Å². The Kier molecular flexibility index (Phi) is 4.07. The molecule has 1 unspecified atom stereocenters. The molecule has 1 heterocycles. The van der Waals surface area contributed by atoms with Crippen molar-refractivity contribution in [3.63, 3.8) is 0 Å². The molecule has 0 aliphatic carbocycles. The zero-order valence-electron chi connectivity index (χ0n) is 10.4. The quantitative estimate of drug-likeness (QED) is 0.828. The van der Waals surface area contributed by atoms with E-state index in [-0.39, 0.29) is 17.8 Å². The van der Waals surface area contributed by atoms with Crippen molar-refractivity contribution in [1.29, 1.82) is 0 Å². The van der Waals surface area contributed by atoms with Gasteiger partial charge in [-0.3, -0.25) is 4.79 Å². The number of halogens is 1. The van der Waals surface area contributed by atoms with Crippen LogP contribution in [-0.4, -0.2) is 15.9 Å². The molecule has 0 saturated heterocycles. The minimum atomic E-state index is -0.356. The number of nitrogens with zero attached hydrogens (tertiary/aromatic N) is 1. The van der Waals surface area contributed by atoms with E-state index >= 15 is 0 Å². The number of hydrogen-bond donors (Lipinski definition) is 2. The standard InChI is InChI=1S/C14H14FN3O/c1-10(14-16-8-9-17-14)18-13(19)7-6-11-4-2-3-5-12(11)15/h2-10H,1H3,(H,16,17)(H,18,19)/b7-6+. The first-order valence-electron chi connectivity index (χ1n) is 5.89. The van der Waals surface area contributed by atoms with Crippen LogP contribution in [0, 0.1) is 5.82 Å². The molecule has 0 bridgehead atoms. The Bertz CT molecular complexity index is 578. The first-order valence-corrected chi connectivity index (χ1v) is 5.89. The monoisotopic (exact) mass is 259 g/mol. The smallest absolute Gasteiger partial charge is 0.244 e. The molecule has 1 aromatic heterocycles. The van der Waals surface area contributed by atoms with Gasteiger partial charge in [-0.2, -0.15) is 0 Å². The number of aromatic nitrogens is 2. The predicted molar refractivity (Wildman–Crippen MR) is 70.6 cm³/mol. The van der Waals surface area contributed by atoms with Crippen molar-refractivity contribution >= 4 is 12.0 Å². The normalized spacial score (nSPS) is 12.5. The van der Waals surface area contributed by atoms with Gasteiger partial charge in [0.05, 0.1) is 6.04 Å². The van der Waals surface area contributed by atoms with Gasteiger partial charge in [-0.25, -0.2) is 9.37 Å². The number of imidazole rings is 1. The molecule has 2 rings (SSSR count). The van der Waals surface area contributed by atoms with E-state index in [2.05, 4.69) is 15.3 Å². The van der Waals surface area contributed by atoms with Gasteiger partial charge in [-0.1, -0.05) is 18.2 Å². The molecule has 0 aliphatic heterocycles. The van der Waals surface area contributed by atoms with E-state index < -0.39 is 0 Å². The highest BCUT2D eigenvalue weighted by Crippen LogP contribution is 2.09. The lowest BCUT2D eigenvalue weighted by Gasteiger charge is -2.09. The van der Waals surface area contributed by atoms with Crippen LogP contribution in [0.4, 0.5) is 4.39 Å². The molecule has 1 amide bonds. The highest BCUT2D eigenvalue weighted by molar-refractivity contribution is 5.91. The average Bonchev–Trinajstić information content (AvgIpc) is 2.91. The summed E-state index contributed by atoms with van der Waals surface area (Å²) in [5, 5.41) is 2.73. The summed E-state index contributed by atoms with van der Waals surface area (Å²) in [5.41, 5.74) is 0.378. The van der Waals surface area contributed by atoms with Crippen molar-refractivity contribution in [3.8, 4) is 0 Å². The van der Waals surface area contributed by atoms with E-state index in [4.69, 9.17) is 0 Å². The van der Waals surface area contributed by atoms with Gasteiger partial charge in [0.15, 0.2) is 0 Å². The van der Waals surface area contributed by atoms with Crippen molar-refractivity contribution in [3.05, 3.63) is 59.9 Å². The Morgan fingerprint density at radius 1 is 1.47 bits per heavy atom. The van der Waals surface area contributed by atoms with Gasteiger partial charge in [-0.15, -0.1) is 0 Å². The summed E-state index contributed by atoms with van der Waals surface area (Å²) in [4.78, 5) is 18.6. The summed E-state index contributed by atoms with van der Waals surface area (Å²) < 4.78 is 13.3. The fourth-order valence-corrected chi connectivity index (χ4v) is 1.62. The SMILES string of the molecule is CC(NC(=O)/C=C/c1ccccc1F)c1ncc[nH]1. The highest BCUT2D eigenvalue weighted by Gasteiger charge is 2.09. The van der Waals surface area contributed by atoms with E-state index in [9.17, 15) is 9.18 Å². The van der Waals surface area contributed by atoms with Crippen molar-refractivity contribution < 1.29 is 9.18 Å². The number of carbonyl (C=O) groups excluding carboxylic acids is 1. The van der Waals surface area contributed by atoms with Gasteiger partial charge < -0.3 is 10.3 Å². The molecule has 0 spiro atoms. The summed E-state index contributed by atoms with van der Waals surface area (Å²) in [7, 11) is 0. The van der Waals surface area contributed by atoms with Crippen LogP contribution in [0.25, 0.3) is 6.08 Å². The van der Waals surface area contributed by atoms with Gasteiger partial charge in [0.25, 0.3) is 0 Å². The van der Waals surface area contributed by atoms with Crippen molar-refractivity contribution in [1.82, 2.24) is 15.3 Å². The largest absolute Gasteiger partial charge is 0.347 e. The molecule has 5 heteroatoms. The number of carbonyl (C=O) groups is 1. The Labute approximate surface area is 110 Å². The second-order valence-corrected chi connectivity index (χ2v) is 4.06. The maximum atomic E-state index is 13.3. The number of amides is 1. The molecule has 19 heavy (non-hydrogen) atoms. The number of aromatic amines is 1. The van der Waals surface area contributed by atoms with Crippen molar-refractivity contribution in [2.24, 2.45) is 0 Å². The Morgan fingerprint density at radius 2 is 2.26 bits per heavy atom. The van der Waals surface area contributed by atoms with E-state index in [1.54, 1.807) is 30.6 Å². The molecule has 2 aromatic rings. The highest BCUT2D eigenvalue weighted by atomic mass is 19.1. The summed E-state index contributed by atoms with van der Waals surface area (Å²) in [6.45, 7) is 1.81. The number of nitrogens with one attached hydrogen (secondary N) is 2. The van der Waals surface area contributed by atoms with E-state index in [0.29, 0.717) is 11.4 Å². The molecule has 0 fully saturated rings. The molecule has 2 N–H and O–H groups in total. The Morgan fingerprint density at radius 3 is 2.95 bits per heavy atom. The number of H-pyrrole nitrogens is 1. The van der Waals surface area contributed by atoms with Crippen LogP contribution < -0.4 is 5.32 Å². The average molecular weight is 259 g/mol. The number of benzene rings is 1. The minimum Gasteiger partial charge on any atom is -0.347 e. The van der Waals surface area contributed by atoms with Gasteiger partial charge in [-0.05, 0) is 19.1 Å². The molecule has 1 atom stereocenters. The summed E-state index contributed by atoms with van der Waals surface area (Å²) in [5.74, 6) is 0.0189. The predicted octanol–water partition coefficient (Wildman–Crippen LogP) is 2.44. The Balaban J connectivity index is 1.96. The zero-order valence-corrected chi connectivity index (χ0v) is 10.4. The first-order chi connectivity index (χ1) is 9.16. The molecule has 1 aromatic carbocycles. The second kappa shape index (κ2) is 5.95. The molecule has 0 radical (unpaired) electrons. The first kappa shape index (κ1) is 13.0. The lowest BCUT2D eigenvalue weighted by Crippen LogP contribution is -2.25. The maximum absolute atomic E-state index is 13.3. The van der Waals surface area contributed by atoms with Crippen LogP contribution in [-0.2, 0) is 4.79 Å². The zero-order chi connectivity index (χ0) is 13.7. The lowest BCUT2D eigenvalue weighted by molar-refractivity contribution is -0.117. The fraction of sp³-hybridized carbons (Fsp3) is 0.143. The molecule has 98 valence electrons. The van der Waals surface area contributed by atoms with Crippen LogP contribution in [0.5, 0.6) is 0 Å². The van der Waals surface area contributed by atoms with Crippen LogP contribution in [0.3, 0.4) is 0 Å². The van der Waals surface area contributed by atoms with E-state index in [1.807, 2.05) is 6.92 Å². The maximum Gasteiger partial charge on any atom is 0.244 e. The van der Waals surface area contributed by atoms with E-state index in [1.165, 1.54) is 18.2 Å². The fourth-order valence-electron chi connectivity index (χ4n) is 1.62. The van der Waals surface area contributed by atoms with Gasteiger partial charge in [0.2, 0.25) is 5.91 Å². The molecule has 4 nitrogen and oxygen atoms in total. The van der Waals surface area contributed by atoms with Gasteiger partial charge in [0.1, 0.15) is 11.6 Å². The van der Waals surface area contributed by atoms with Gasteiger partial charge in [0, 0.05) is 24.0 Å². The Hall–Kier alpha value is -2.43. The molecule has 0 aliphatic rings. The third-order valence-electron chi connectivity index (χ3n) is 2.61. The summed E-state index contributed by atoms with van der Waals surface area (Å²) in [6.07, 6.45) is 6.05. The summed E-state index contributed by atoms with van der Waals surface area (Å²) in [6, 6.07) is 6.04. The molecule has 0 saturated carbocycles. The van der Waals surface area contributed by atoms with E-state index in [0.717, 1.165) is 0 Å². The topological polar surface area (TPSA) is 57.8 Å². The van der Waals surface area contributed by atoms with Crippen LogP contribution in [0.1, 0.15) is 24.4 Å². The molecular formula is C14H14FN3O. The third-order valence-corrected chi connectivity index (χ3v) is 2.61. The third kappa shape index (κ3) is 3.51. The lowest BCUT2D eigenvalue weighted by atomic mass is 10.2. The van der Waals surface area contributed by atoms with Crippen LogP contribution >= 0.6 is 0 Å². The van der Waals surface area contributed by atoms with Gasteiger partial charge >= 0.3 is 0 Å². The van der Waals surface area contributed by atoms with Crippen molar-refractivity contribution in [2.75, 3.05) is 0 Å². The molecular weight excluding hydrogens is 245 g/mol.